The van der Waals surface area contributed by atoms with E-state index in [1.54, 1.807) is 29.2 Å². The number of fused-ring (bicyclic) bond motifs is 2. The Morgan fingerprint density at radius 1 is 1.21 bits per heavy atom. The molecule has 0 spiro atoms. The van der Waals surface area contributed by atoms with Crippen LogP contribution in [0.15, 0.2) is 36.8 Å². The number of Topliss-reactive ketones (excluding diaryl/α,β-unsaturated/α-hetero) is 1. The van der Waals surface area contributed by atoms with E-state index in [2.05, 4.69) is 52.8 Å². The van der Waals surface area contributed by atoms with Crippen LogP contribution in [0.25, 0.3) is 5.65 Å². The van der Waals surface area contributed by atoms with Crippen molar-refractivity contribution in [3.63, 3.8) is 0 Å². The van der Waals surface area contributed by atoms with Gasteiger partial charge in [0.25, 0.3) is 0 Å². The Labute approximate surface area is 194 Å². The number of morpholine rings is 1. The number of benzene rings is 1. The molecule has 3 heterocycles. The summed E-state index contributed by atoms with van der Waals surface area (Å²) in [5.74, 6) is 7.29. The van der Waals surface area contributed by atoms with Crippen LogP contribution in [0.2, 0.25) is 0 Å². The van der Waals surface area contributed by atoms with Crippen LogP contribution in [0.3, 0.4) is 0 Å². The molecule has 0 unspecified atom stereocenters. The molecule has 0 bridgehead atoms. The summed E-state index contributed by atoms with van der Waals surface area (Å²) in [6.07, 6.45) is 8.73. The fourth-order valence-corrected chi connectivity index (χ4v) is 5.78. The van der Waals surface area contributed by atoms with Crippen LogP contribution in [-0.2, 0) is 11.2 Å². The van der Waals surface area contributed by atoms with Gasteiger partial charge in [0.15, 0.2) is 5.65 Å². The maximum absolute atomic E-state index is 13.0. The van der Waals surface area contributed by atoms with E-state index < -0.39 is 0 Å². The second-order valence-corrected chi connectivity index (χ2v) is 10.2. The lowest BCUT2D eigenvalue weighted by atomic mass is 9.77. The number of carbonyl (C=O) groups is 1. The Morgan fingerprint density at radius 3 is 2.82 bits per heavy atom. The lowest BCUT2D eigenvalue weighted by Gasteiger charge is -2.31. The number of rotatable bonds is 3. The standard InChI is InChI=1S/C27H28N4O2/c1-27(2)16-20-14-19(6-7-24(32)22-17-29-31-9-3-8-28-26(22)31)23(30-10-12-33-13-11-30)15-21(20)25(27)18-4-5-18/h3,8-9,14-15,17-18,25H,4-5,10-13,16H2,1-2H3/t25-/m1/s1. The normalized spacial score (nSPS) is 21.5. The number of ketones is 1. The molecule has 3 aliphatic rings. The molecule has 1 saturated heterocycles. The summed E-state index contributed by atoms with van der Waals surface area (Å²) in [5.41, 5.74) is 6.19. The van der Waals surface area contributed by atoms with E-state index in [1.165, 1.54) is 24.0 Å². The van der Waals surface area contributed by atoms with Gasteiger partial charge in [-0.05, 0) is 71.8 Å². The van der Waals surface area contributed by atoms with Crippen LogP contribution in [0.4, 0.5) is 5.69 Å². The summed E-state index contributed by atoms with van der Waals surface area (Å²) in [7, 11) is 0. The van der Waals surface area contributed by atoms with Gasteiger partial charge in [0.05, 0.1) is 30.7 Å². The third-order valence-electron chi connectivity index (χ3n) is 7.36. The summed E-state index contributed by atoms with van der Waals surface area (Å²) in [6, 6.07) is 6.41. The average molecular weight is 441 g/mol. The molecule has 2 aliphatic carbocycles. The third kappa shape index (κ3) is 3.61. The van der Waals surface area contributed by atoms with Gasteiger partial charge in [0.1, 0.15) is 0 Å². The number of ether oxygens (including phenoxy) is 1. The van der Waals surface area contributed by atoms with Gasteiger partial charge in [0, 0.05) is 31.0 Å². The molecule has 1 aromatic carbocycles. The second kappa shape index (κ2) is 7.71. The monoisotopic (exact) mass is 440 g/mol. The Balaban J connectivity index is 1.41. The first kappa shape index (κ1) is 20.4. The smallest absolute Gasteiger partial charge is 0.241 e. The van der Waals surface area contributed by atoms with Gasteiger partial charge in [0.2, 0.25) is 5.78 Å². The number of carbonyl (C=O) groups excluding carboxylic acids is 1. The van der Waals surface area contributed by atoms with Crippen LogP contribution in [0.5, 0.6) is 0 Å². The summed E-state index contributed by atoms with van der Waals surface area (Å²) in [4.78, 5) is 19.6. The van der Waals surface area contributed by atoms with E-state index in [0.29, 0.717) is 30.3 Å². The van der Waals surface area contributed by atoms with Crippen molar-refractivity contribution in [3.05, 3.63) is 59.0 Å². The van der Waals surface area contributed by atoms with Crippen LogP contribution >= 0.6 is 0 Å². The van der Waals surface area contributed by atoms with Crippen molar-refractivity contribution in [1.29, 1.82) is 0 Å². The van der Waals surface area contributed by atoms with E-state index in [-0.39, 0.29) is 11.2 Å². The fraction of sp³-hybridized carbons (Fsp3) is 0.444. The Hall–Kier alpha value is -3.17. The molecule has 6 nitrogen and oxygen atoms in total. The minimum Gasteiger partial charge on any atom is -0.378 e. The minimum absolute atomic E-state index is 0.256. The SMILES string of the molecule is CC1(C)Cc2cc(C#CC(=O)c3cnn4cccnc34)c(N3CCOCC3)cc2[C@H]1C1CC1. The van der Waals surface area contributed by atoms with Gasteiger partial charge in [-0.1, -0.05) is 19.8 Å². The van der Waals surface area contributed by atoms with E-state index in [9.17, 15) is 4.79 Å². The lowest BCUT2D eigenvalue weighted by Crippen LogP contribution is -2.36. The average Bonchev–Trinajstić information content (AvgIpc) is 3.48. The lowest BCUT2D eigenvalue weighted by molar-refractivity contribution is 0.105. The Kier molecular flexibility index (Phi) is 4.77. The molecule has 33 heavy (non-hydrogen) atoms. The molecule has 168 valence electrons. The highest BCUT2D eigenvalue weighted by molar-refractivity contribution is 6.12. The van der Waals surface area contributed by atoms with E-state index in [4.69, 9.17) is 4.74 Å². The molecule has 0 radical (unpaired) electrons. The number of hydrogen-bond donors (Lipinski definition) is 0. The van der Waals surface area contributed by atoms with Crippen molar-refractivity contribution in [2.45, 2.75) is 39.0 Å². The zero-order chi connectivity index (χ0) is 22.6. The van der Waals surface area contributed by atoms with Gasteiger partial charge in [-0.25, -0.2) is 9.50 Å². The minimum atomic E-state index is -0.256. The van der Waals surface area contributed by atoms with Crippen molar-refractivity contribution in [1.82, 2.24) is 14.6 Å². The quantitative estimate of drug-likeness (QED) is 0.457. The summed E-state index contributed by atoms with van der Waals surface area (Å²) < 4.78 is 7.20. The number of hydrogen-bond acceptors (Lipinski definition) is 5. The van der Waals surface area contributed by atoms with Crippen molar-refractivity contribution in [3.8, 4) is 11.8 Å². The first-order chi connectivity index (χ1) is 16.0. The molecule has 1 atom stereocenters. The summed E-state index contributed by atoms with van der Waals surface area (Å²) in [5, 5.41) is 4.22. The summed E-state index contributed by atoms with van der Waals surface area (Å²) >= 11 is 0. The predicted molar refractivity (Wildman–Crippen MR) is 127 cm³/mol. The molecule has 1 saturated carbocycles. The van der Waals surface area contributed by atoms with Gasteiger partial charge in [-0.15, -0.1) is 0 Å². The third-order valence-corrected chi connectivity index (χ3v) is 7.36. The molecule has 3 aromatic rings. The first-order valence-electron chi connectivity index (χ1n) is 11.9. The first-order valence-corrected chi connectivity index (χ1v) is 11.9. The summed E-state index contributed by atoms with van der Waals surface area (Å²) in [6.45, 7) is 7.92. The van der Waals surface area contributed by atoms with Crippen LogP contribution in [-0.4, -0.2) is 46.7 Å². The van der Waals surface area contributed by atoms with Crippen molar-refractivity contribution >= 4 is 17.1 Å². The van der Waals surface area contributed by atoms with Gasteiger partial charge >= 0.3 is 0 Å². The zero-order valence-corrected chi connectivity index (χ0v) is 19.2. The molecular formula is C27H28N4O2. The molecule has 6 rings (SSSR count). The number of anilines is 1. The van der Waals surface area contributed by atoms with Gasteiger partial charge in [-0.2, -0.15) is 5.10 Å². The van der Waals surface area contributed by atoms with Crippen LogP contribution in [0.1, 0.15) is 59.7 Å². The molecule has 2 aromatic heterocycles. The molecule has 0 amide bonds. The molecular weight excluding hydrogens is 412 g/mol. The molecule has 1 aliphatic heterocycles. The van der Waals surface area contributed by atoms with Crippen molar-refractivity contribution in [2.24, 2.45) is 11.3 Å². The highest BCUT2D eigenvalue weighted by atomic mass is 16.5. The molecule has 0 N–H and O–H groups in total. The van der Waals surface area contributed by atoms with Crippen LogP contribution < -0.4 is 4.90 Å². The zero-order valence-electron chi connectivity index (χ0n) is 19.2. The number of nitrogens with zero attached hydrogens (tertiary/aromatic N) is 4. The second-order valence-electron chi connectivity index (χ2n) is 10.2. The maximum Gasteiger partial charge on any atom is 0.241 e. The van der Waals surface area contributed by atoms with E-state index in [0.717, 1.165) is 36.7 Å². The van der Waals surface area contributed by atoms with Gasteiger partial charge in [-0.3, -0.25) is 4.79 Å². The topological polar surface area (TPSA) is 59.7 Å². The predicted octanol–water partition coefficient (Wildman–Crippen LogP) is 3.88. The number of aromatic nitrogens is 3. The van der Waals surface area contributed by atoms with E-state index >= 15 is 0 Å². The van der Waals surface area contributed by atoms with Crippen molar-refractivity contribution < 1.29 is 9.53 Å². The molecule has 2 fully saturated rings. The Morgan fingerprint density at radius 2 is 2.03 bits per heavy atom. The maximum atomic E-state index is 13.0. The van der Waals surface area contributed by atoms with E-state index in [1.807, 2.05) is 0 Å². The largest absolute Gasteiger partial charge is 0.378 e. The van der Waals surface area contributed by atoms with Crippen molar-refractivity contribution in [2.75, 3.05) is 31.2 Å². The van der Waals surface area contributed by atoms with Crippen LogP contribution in [0, 0.1) is 23.2 Å². The Bertz CT molecular complexity index is 1300. The fourth-order valence-electron chi connectivity index (χ4n) is 5.78. The highest BCUT2D eigenvalue weighted by Gasteiger charge is 2.47. The van der Waals surface area contributed by atoms with Gasteiger partial charge < -0.3 is 9.64 Å². The highest BCUT2D eigenvalue weighted by Crippen LogP contribution is 2.58. The molecule has 6 heteroatoms.